The Hall–Kier alpha value is -3.07. The summed E-state index contributed by atoms with van der Waals surface area (Å²) in [4.78, 5) is 12.0. The fourth-order valence-electron chi connectivity index (χ4n) is 2.38. The van der Waals surface area contributed by atoms with Crippen molar-refractivity contribution in [3.8, 4) is 5.75 Å². The number of halogens is 1. The molecular weight excluding hydrogens is 381 g/mol. The number of amides is 1. The first-order valence-electron chi connectivity index (χ1n) is 8.63. The zero-order chi connectivity index (χ0) is 19.8. The number of carbonyl (C=O) groups is 1. The molecule has 28 heavy (non-hydrogen) atoms. The second kappa shape index (κ2) is 9.75. The maximum atomic E-state index is 13.6. The van der Waals surface area contributed by atoms with E-state index in [2.05, 4.69) is 15.5 Å². The van der Waals surface area contributed by atoms with E-state index in [0.717, 1.165) is 12.0 Å². The van der Waals surface area contributed by atoms with E-state index in [1.165, 1.54) is 28.6 Å². The fraction of sp³-hybridized carbons (Fsp3) is 0.211. The highest BCUT2D eigenvalue weighted by molar-refractivity contribution is 7.99. The summed E-state index contributed by atoms with van der Waals surface area (Å²) in [7, 11) is 0. The van der Waals surface area contributed by atoms with E-state index in [4.69, 9.17) is 10.6 Å². The number of benzene rings is 2. The average Bonchev–Trinajstić information content (AvgIpc) is 3.06. The zero-order valence-electron chi connectivity index (χ0n) is 15.0. The molecular formula is C19H20FN5O2S. The maximum absolute atomic E-state index is 13.6. The second-order valence-electron chi connectivity index (χ2n) is 5.86. The summed E-state index contributed by atoms with van der Waals surface area (Å²) in [6.45, 7) is 0.523. The van der Waals surface area contributed by atoms with E-state index in [0.29, 0.717) is 17.5 Å². The van der Waals surface area contributed by atoms with Crippen LogP contribution >= 0.6 is 11.8 Å². The number of hydrogen-bond donors (Lipinski definition) is 2. The summed E-state index contributed by atoms with van der Waals surface area (Å²) in [5.41, 5.74) is 1.16. The summed E-state index contributed by atoms with van der Waals surface area (Å²) < 4.78 is 20.2. The third kappa shape index (κ3) is 5.46. The van der Waals surface area contributed by atoms with Crippen LogP contribution in [0.25, 0.3) is 0 Å². The Balaban J connectivity index is 1.43. The topological polar surface area (TPSA) is 95.1 Å². The van der Waals surface area contributed by atoms with Crippen LogP contribution in [0.1, 0.15) is 11.4 Å². The van der Waals surface area contributed by atoms with Gasteiger partial charge in [0.2, 0.25) is 11.1 Å². The molecule has 0 unspecified atom stereocenters. The molecule has 9 heteroatoms. The van der Waals surface area contributed by atoms with E-state index in [1.54, 1.807) is 12.1 Å². The van der Waals surface area contributed by atoms with Crippen LogP contribution in [0, 0.1) is 5.82 Å². The van der Waals surface area contributed by atoms with Crippen molar-refractivity contribution in [2.75, 3.05) is 18.1 Å². The Kier molecular flexibility index (Phi) is 6.85. The molecule has 0 saturated carbocycles. The number of hydrogen-bond acceptors (Lipinski definition) is 6. The van der Waals surface area contributed by atoms with Crippen LogP contribution in [-0.2, 0) is 17.8 Å². The van der Waals surface area contributed by atoms with Gasteiger partial charge in [-0.1, -0.05) is 54.2 Å². The highest BCUT2D eigenvalue weighted by Gasteiger charge is 2.13. The number of carbonyl (C=O) groups excluding carboxylic acids is 1. The highest BCUT2D eigenvalue weighted by Crippen LogP contribution is 2.18. The summed E-state index contributed by atoms with van der Waals surface area (Å²) in [6, 6.07) is 16.0. The third-order valence-corrected chi connectivity index (χ3v) is 4.78. The molecule has 0 saturated heterocycles. The molecule has 0 aliphatic carbocycles. The molecule has 7 nitrogen and oxygen atoms in total. The lowest BCUT2D eigenvalue weighted by Crippen LogP contribution is -2.27. The van der Waals surface area contributed by atoms with Crippen molar-refractivity contribution < 1.29 is 13.9 Å². The number of nitrogens with two attached hydrogens (primary N) is 1. The molecule has 1 aromatic heterocycles. The minimum atomic E-state index is -0.465. The number of nitrogens with one attached hydrogen (secondary N) is 1. The SMILES string of the molecule is Nn1c(COc2ccccc2F)nnc1SCC(=O)NCCc1ccccc1. The Morgan fingerprint density at radius 2 is 1.89 bits per heavy atom. The molecule has 0 atom stereocenters. The van der Waals surface area contributed by atoms with Gasteiger partial charge in [-0.3, -0.25) is 4.79 Å². The van der Waals surface area contributed by atoms with Gasteiger partial charge in [0, 0.05) is 6.54 Å². The summed E-state index contributed by atoms with van der Waals surface area (Å²) >= 11 is 1.17. The van der Waals surface area contributed by atoms with Gasteiger partial charge in [-0.2, -0.15) is 0 Å². The van der Waals surface area contributed by atoms with E-state index in [9.17, 15) is 9.18 Å². The predicted molar refractivity (Wildman–Crippen MR) is 105 cm³/mol. The van der Waals surface area contributed by atoms with Gasteiger partial charge >= 0.3 is 0 Å². The van der Waals surface area contributed by atoms with Crippen molar-refractivity contribution in [1.82, 2.24) is 20.2 Å². The average molecular weight is 401 g/mol. The Labute approximate surface area is 166 Å². The Morgan fingerprint density at radius 1 is 1.14 bits per heavy atom. The molecule has 3 aromatic rings. The molecule has 0 bridgehead atoms. The van der Waals surface area contributed by atoms with Gasteiger partial charge in [0.25, 0.3) is 0 Å². The van der Waals surface area contributed by atoms with Crippen molar-refractivity contribution in [3.63, 3.8) is 0 Å². The molecule has 1 amide bonds. The molecule has 0 radical (unpaired) electrons. The molecule has 2 aromatic carbocycles. The quantitative estimate of drug-likeness (QED) is 0.421. The molecule has 1 heterocycles. The minimum Gasteiger partial charge on any atom is -0.482 e. The summed E-state index contributed by atoms with van der Waals surface area (Å²) in [6.07, 6.45) is 0.766. The smallest absolute Gasteiger partial charge is 0.230 e. The van der Waals surface area contributed by atoms with E-state index >= 15 is 0 Å². The number of ether oxygens (including phenoxy) is 1. The molecule has 0 aliphatic heterocycles. The van der Waals surface area contributed by atoms with Crippen molar-refractivity contribution >= 4 is 17.7 Å². The number of para-hydroxylation sites is 1. The number of thioether (sulfide) groups is 1. The fourth-order valence-corrected chi connectivity index (χ4v) is 3.09. The number of rotatable bonds is 9. The summed E-state index contributed by atoms with van der Waals surface area (Å²) in [5.74, 6) is 5.95. The van der Waals surface area contributed by atoms with E-state index in [1.807, 2.05) is 30.3 Å². The van der Waals surface area contributed by atoms with Crippen LogP contribution in [-0.4, -0.2) is 33.1 Å². The predicted octanol–water partition coefficient (Wildman–Crippen LogP) is 2.16. The van der Waals surface area contributed by atoms with Crippen molar-refractivity contribution in [3.05, 3.63) is 71.8 Å². The lowest BCUT2D eigenvalue weighted by atomic mass is 10.1. The van der Waals surface area contributed by atoms with Crippen LogP contribution in [0.3, 0.4) is 0 Å². The maximum Gasteiger partial charge on any atom is 0.230 e. The highest BCUT2D eigenvalue weighted by atomic mass is 32.2. The van der Waals surface area contributed by atoms with Crippen LogP contribution in [0.2, 0.25) is 0 Å². The standard InChI is InChI=1S/C19H20FN5O2S/c20-15-8-4-5-9-16(15)27-12-17-23-24-19(25(17)21)28-13-18(26)22-11-10-14-6-2-1-3-7-14/h1-9H,10-13,21H2,(H,22,26). The largest absolute Gasteiger partial charge is 0.482 e. The van der Waals surface area contributed by atoms with Crippen LogP contribution in [0.15, 0.2) is 59.8 Å². The van der Waals surface area contributed by atoms with E-state index in [-0.39, 0.29) is 24.0 Å². The van der Waals surface area contributed by atoms with E-state index < -0.39 is 5.82 Å². The molecule has 146 valence electrons. The number of aromatic nitrogens is 3. The minimum absolute atomic E-state index is 0.0335. The first-order valence-corrected chi connectivity index (χ1v) is 9.62. The van der Waals surface area contributed by atoms with Gasteiger partial charge < -0.3 is 15.9 Å². The second-order valence-corrected chi connectivity index (χ2v) is 6.80. The van der Waals surface area contributed by atoms with Gasteiger partial charge in [0.1, 0.15) is 6.61 Å². The van der Waals surface area contributed by atoms with Crippen LogP contribution in [0.4, 0.5) is 4.39 Å². The van der Waals surface area contributed by atoms with Crippen molar-refractivity contribution in [2.24, 2.45) is 0 Å². The Bertz CT molecular complexity index is 920. The van der Waals surface area contributed by atoms with Gasteiger partial charge in [0.15, 0.2) is 17.4 Å². The summed E-state index contributed by atoms with van der Waals surface area (Å²) in [5, 5.41) is 11.1. The van der Waals surface area contributed by atoms with Crippen molar-refractivity contribution in [1.29, 1.82) is 0 Å². The molecule has 3 N–H and O–H groups in total. The molecule has 3 rings (SSSR count). The lowest BCUT2D eigenvalue weighted by Gasteiger charge is -2.07. The van der Waals surface area contributed by atoms with Gasteiger partial charge in [-0.15, -0.1) is 10.2 Å². The normalized spacial score (nSPS) is 10.6. The van der Waals surface area contributed by atoms with Crippen LogP contribution < -0.4 is 15.9 Å². The molecule has 0 aliphatic rings. The number of nitrogen functional groups attached to an aromatic ring is 1. The zero-order valence-corrected chi connectivity index (χ0v) is 15.9. The van der Waals surface area contributed by atoms with Gasteiger partial charge in [0.05, 0.1) is 5.75 Å². The molecule has 0 fully saturated rings. The van der Waals surface area contributed by atoms with Crippen molar-refractivity contribution in [2.45, 2.75) is 18.2 Å². The lowest BCUT2D eigenvalue weighted by molar-refractivity contribution is -0.118. The third-order valence-electron chi connectivity index (χ3n) is 3.84. The first kappa shape index (κ1) is 19.7. The van der Waals surface area contributed by atoms with Gasteiger partial charge in [-0.25, -0.2) is 9.07 Å². The molecule has 0 spiro atoms. The first-order chi connectivity index (χ1) is 13.6. The van der Waals surface area contributed by atoms with Gasteiger partial charge in [-0.05, 0) is 24.1 Å². The Morgan fingerprint density at radius 3 is 2.68 bits per heavy atom. The van der Waals surface area contributed by atoms with Crippen LogP contribution in [0.5, 0.6) is 5.75 Å². The number of nitrogens with zero attached hydrogens (tertiary/aromatic N) is 3. The monoisotopic (exact) mass is 401 g/mol.